The Morgan fingerprint density at radius 1 is 0.808 bits per heavy atom. The van der Waals surface area contributed by atoms with Crippen molar-refractivity contribution < 1.29 is 9.47 Å². The van der Waals surface area contributed by atoms with E-state index in [-0.39, 0.29) is 0 Å². The monoisotopic (exact) mass is 343 g/mol. The molecule has 0 atom stereocenters. The number of anilines is 3. The van der Waals surface area contributed by atoms with E-state index < -0.39 is 0 Å². The van der Waals surface area contributed by atoms with Gasteiger partial charge in [0.2, 0.25) is 0 Å². The second-order valence-electron chi connectivity index (χ2n) is 6.94. The van der Waals surface area contributed by atoms with Gasteiger partial charge in [0.25, 0.3) is 0 Å². The standard InChI is InChI=1S/C23H21NO2/c1-16-11-12-20-22(14-16)26-15-18-6-2-3-9-19(18)24(20)21-10-4-7-17-8-5-13-25-23(17)21/h2-4,6-7,9-12,14H,5,8,13,15H2,1H3. The van der Waals surface area contributed by atoms with Gasteiger partial charge in [-0.3, -0.25) is 0 Å². The molecule has 0 N–H and O–H groups in total. The van der Waals surface area contributed by atoms with Crippen molar-refractivity contribution in [3.05, 3.63) is 77.4 Å². The third-order valence-electron chi connectivity index (χ3n) is 5.13. The average molecular weight is 343 g/mol. The SMILES string of the molecule is Cc1ccc2c(c1)OCc1ccccc1N2c1cccc2c1OCCC2. The van der Waals surface area contributed by atoms with E-state index in [1.165, 1.54) is 16.7 Å². The summed E-state index contributed by atoms with van der Waals surface area (Å²) in [6, 6.07) is 21.3. The summed E-state index contributed by atoms with van der Waals surface area (Å²) in [5.74, 6) is 1.91. The number of fused-ring (bicyclic) bond motifs is 3. The van der Waals surface area contributed by atoms with E-state index in [9.17, 15) is 0 Å². The first kappa shape index (κ1) is 15.3. The Balaban J connectivity index is 1.78. The van der Waals surface area contributed by atoms with Crippen molar-refractivity contribution in [3.8, 4) is 11.5 Å². The van der Waals surface area contributed by atoms with Crippen LogP contribution in [0.2, 0.25) is 0 Å². The lowest BCUT2D eigenvalue weighted by Crippen LogP contribution is -2.16. The summed E-state index contributed by atoms with van der Waals surface area (Å²) in [5, 5.41) is 0. The van der Waals surface area contributed by atoms with E-state index in [1.807, 2.05) is 0 Å². The van der Waals surface area contributed by atoms with Crippen LogP contribution in [0.4, 0.5) is 17.1 Å². The summed E-state index contributed by atoms with van der Waals surface area (Å²) in [6.45, 7) is 3.44. The van der Waals surface area contributed by atoms with Crippen LogP contribution in [0.25, 0.3) is 0 Å². The van der Waals surface area contributed by atoms with Crippen molar-refractivity contribution in [2.45, 2.75) is 26.4 Å². The van der Waals surface area contributed by atoms with E-state index in [0.29, 0.717) is 6.61 Å². The second-order valence-corrected chi connectivity index (χ2v) is 6.94. The molecular formula is C23H21NO2. The lowest BCUT2D eigenvalue weighted by molar-refractivity contribution is 0.289. The molecule has 5 rings (SSSR count). The Morgan fingerprint density at radius 2 is 1.65 bits per heavy atom. The molecule has 0 bridgehead atoms. The molecule has 3 heteroatoms. The van der Waals surface area contributed by atoms with E-state index in [1.54, 1.807) is 0 Å². The Morgan fingerprint density at radius 3 is 2.62 bits per heavy atom. The van der Waals surface area contributed by atoms with Crippen LogP contribution in [0.15, 0.2) is 60.7 Å². The van der Waals surface area contributed by atoms with Crippen molar-refractivity contribution in [3.63, 3.8) is 0 Å². The molecule has 0 aliphatic carbocycles. The smallest absolute Gasteiger partial charge is 0.146 e. The van der Waals surface area contributed by atoms with Crippen molar-refractivity contribution in [2.24, 2.45) is 0 Å². The molecule has 130 valence electrons. The highest BCUT2D eigenvalue weighted by atomic mass is 16.5. The van der Waals surface area contributed by atoms with Crippen LogP contribution >= 0.6 is 0 Å². The highest BCUT2D eigenvalue weighted by Crippen LogP contribution is 2.48. The maximum absolute atomic E-state index is 6.17. The van der Waals surface area contributed by atoms with Gasteiger partial charge in [0.15, 0.2) is 0 Å². The molecule has 0 saturated heterocycles. The van der Waals surface area contributed by atoms with Gasteiger partial charge in [0, 0.05) is 5.56 Å². The lowest BCUT2D eigenvalue weighted by Gasteiger charge is -2.30. The predicted molar refractivity (Wildman–Crippen MR) is 104 cm³/mol. The molecule has 0 unspecified atom stereocenters. The molecule has 0 radical (unpaired) electrons. The molecule has 3 aromatic rings. The van der Waals surface area contributed by atoms with Gasteiger partial charge in [-0.25, -0.2) is 0 Å². The normalized spacial score (nSPS) is 15.0. The quantitative estimate of drug-likeness (QED) is 0.567. The molecule has 2 heterocycles. The summed E-state index contributed by atoms with van der Waals surface area (Å²) in [4.78, 5) is 2.29. The fraction of sp³-hybridized carbons (Fsp3) is 0.217. The number of aryl methyl sites for hydroxylation is 2. The van der Waals surface area contributed by atoms with Gasteiger partial charge in [0.1, 0.15) is 18.1 Å². The molecule has 3 nitrogen and oxygen atoms in total. The van der Waals surface area contributed by atoms with Gasteiger partial charge in [-0.2, -0.15) is 0 Å². The van der Waals surface area contributed by atoms with E-state index in [2.05, 4.69) is 72.5 Å². The van der Waals surface area contributed by atoms with Gasteiger partial charge in [-0.15, -0.1) is 0 Å². The van der Waals surface area contributed by atoms with Crippen LogP contribution in [0.3, 0.4) is 0 Å². The van der Waals surface area contributed by atoms with Crippen molar-refractivity contribution in [2.75, 3.05) is 11.5 Å². The Bertz CT molecular complexity index is 980. The van der Waals surface area contributed by atoms with Crippen LogP contribution in [-0.2, 0) is 13.0 Å². The molecule has 0 spiro atoms. The molecule has 3 aromatic carbocycles. The predicted octanol–water partition coefficient (Wildman–Crippen LogP) is 5.68. The van der Waals surface area contributed by atoms with E-state index in [0.717, 1.165) is 48.0 Å². The number of hydrogen-bond donors (Lipinski definition) is 0. The highest BCUT2D eigenvalue weighted by molar-refractivity contribution is 5.86. The Kier molecular flexibility index (Phi) is 3.59. The molecule has 0 saturated carbocycles. The largest absolute Gasteiger partial charge is 0.491 e. The number of nitrogens with zero attached hydrogens (tertiary/aromatic N) is 1. The van der Waals surface area contributed by atoms with E-state index in [4.69, 9.17) is 9.47 Å². The van der Waals surface area contributed by atoms with Gasteiger partial charge < -0.3 is 14.4 Å². The third kappa shape index (κ3) is 2.43. The summed E-state index contributed by atoms with van der Waals surface area (Å²) in [5.41, 5.74) is 6.95. The lowest BCUT2D eigenvalue weighted by atomic mass is 10.0. The molecule has 26 heavy (non-hydrogen) atoms. The first-order valence-electron chi connectivity index (χ1n) is 9.17. The summed E-state index contributed by atoms with van der Waals surface area (Å²) in [6.07, 6.45) is 2.14. The van der Waals surface area contributed by atoms with Gasteiger partial charge in [-0.1, -0.05) is 36.4 Å². The topological polar surface area (TPSA) is 21.7 Å². The van der Waals surface area contributed by atoms with Crippen LogP contribution in [-0.4, -0.2) is 6.61 Å². The van der Waals surface area contributed by atoms with Crippen LogP contribution in [0, 0.1) is 6.92 Å². The summed E-state index contributed by atoms with van der Waals surface area (Å²) < 4.78 is 12.3. The molecule has 2 aliphatic heterocycles. The zero-order valence-electron chi connectivity index (χ0n) is 14.9. The third-order valence-corrected chi connectivity index (χ3v) is 5.13. The Hall–Kier alpha value is -2.94. The number of ether oxygens (including phenoxy) is 2. The van der Waals surface area contributed by atoms with Crippen molar-refractivity contribution >= 4 is 17.1 Å². The van der Waals surface area contributed by atoms with Crippen LogP contribution < -0.4 is 14.4 Å². The number of hydrogen-bond acceptors (Lipinski definition) is 3. The molecule has 0 aromatic heterocycles. The van der Waals surface area contributed by atoms with Crippen LogP contribution in [0.1, 0.15) is 23.1 Å². The molecule has 0 amide bonds. The first-order valence-corrected chi connectivity index (χ1v) is 9.17. The maximum atomic E-state index is 6.17. The minimum Gasteiger partial charge on any atom is -0.491 e. The fourth-order valence-corrected chi connectivity index (χ4v) is 3.87. The maximum Gasteiger partial charge on any atom is 0.146 e. The second kappa shape index (κ2) is 6.10. The minimum absolute atomic E-state index is 0.568. The molecule has 2 aliphatic rings. The zero-order chi connectivity index (χ0) is 17.5. The average Bonchev–Trinajstić information content (AvgIpc) is 2.84. The first-order chi connectivity index (χ1) is 12.8. The van der Waals surface area contributed by atoms with Gasteiger partial charge >= 0.3 is 0 Å². The highest BCUT2D eigenvalue weighted by Gasteiger charge is 2.27. The number of para-hydroxylation sites is 2. The molecular weight excluding hydrogens is 322 g/mol. The summed E-state index contributed by atoms with van der Waals surface area (Å²) >= 11 is 0. The Labute approximate surface area is 153 Å². The fourth-order valence-electron chi connectivity index (χ4n) is 3.87. The van der Waals surface area contributed by atoms with Gasteiger partial charge in [-0.05, 0) is 55.2 Å². The van der Waals surface area contributed by atoms with Crippen LogP contribution in [0.5, 0.6) is 11.5 Å². The molecule has 0 fully saturated rings. The minimum atomic E-state index is 0.568. The number of rotatable bonds is 1. The van der Waals surface area contributed by atoms with Crippen molar-refractivity contribution in [1.29, 1.82) is 0 Å². The summed E-state index contributed by atoms with van der Waals surface area (Å²) in [7, 11) is 0. The zero-order valence-corrected chi connectivity index (χ0v) is 14.9. The van der Waals surface area contributed by atoms with Crippen molar-refractivity contribution in [1.82, 2.24) is 0 Å². The van der Waals surface area contributed by atoms with E-state index >= 15 is 0 Å². The number of benzene rings is 3. The van der Waals surface area contributed by atoms with Gasteiger partial charge in [0.05, 0.1) is 23.7 Å².